The van der Waals surface area contributed by atoms with Crippen LogP contribution in [0.3, 0.4) is 0 Å². The third-order valence-corrected chi connectivity index (χ3v) is 0.496. The van der Waals surface area contributed by atoms with Crippen molar-refractivity contribution in [2.24, 2.45) is 0 Å². The first-order chi connectivity index (χ1) is 4.91. The summed E-state index contributed by atoms with van der Waals surface area (Å²) >= 11 is 0. The highest BCUT2D eigenvalue weighted by molar-refractivity contribution is 4.98. The molecular weight excluding hydrogens is 120 g/mol. The summed E-state index contributed by atoms with van der Waals surface area (Å²) in [6, 6.07) is 0. The standard InChI is InChI=1S/C6H10.C2H6.C2H2/c1-3-5-6-4-2;2*1-2/h3-6H,1-2H3;1-2H3;1-2H/b5-3-,6-4-;;. The van der Waals surface area contributed by atoms with Gasteiger partial charge in [-0.25, -0.2) is 0 Å². The van der Waals surface area contributed by atoms with Gasteiger partial charge in [0.05, 0.1) is 0 Å². The van der Waals surface area contributed by atoms with Gasteiger partial charge in [0.1, 0.15) is 0 Å². The van der Waals surface area contributed by atoms with Crippen molar-refractivity contribution in [2.75, 3.05) is 0 Å². The van der Waals surface area contributed by atoms with E-state index < -0.39 is 0 Å². The summed E-state index contributed by atoms with van der Waals surface area (Å²) in [5, 5.41) is 0. The number of terminal acetylenes is 1. The third-order valence-electron chi connectivity index (χ3n) is 0.496. The Morgan fingerprint density at radius 1 is 0.800 bits per heavy atom. The molecule has 0 aliphatic heterocycles. The predicted molar refractivity (Wildman–Crippen MR) is 50.9 cm³/mol. The van der Waals surface area contributed by atoms with Crippen LogP contribution in [0.5, 0.6) is 0 Å². The van der Waals surface area contributed by atoms with Crippen LogP contribution in [0.4, 0.5) is 0 Å². The minimum absolute atomic E-state index is 2.00. The lowest BCUT2D eigenvalue weighted by molar-refractivity contribution is 1.50. The summed E-state index contributed by atoms with van der Waals surface area (Å²) in [6.07, 6.45) is 16.0. The number of rotatable bonds is 1. The molecule has 0 aliphatic rings. The van der Waals surface area contributed by atoms with E-state index in [0.29, 0.717) is 0 Å². The van der Waals surface area contributed by atoms with Crippen molar-refractivity contribution < 1.29 is 0 Å². The van der Waals surface area contributed by atoms with Crippen LogP contribution in [-0.2, 0) is 0 Å². The topological polar surface area (TPSA) is 0 Å². The second kappa shape index (κ2) is 43.1. The minimum Gasteiger partial charge on any atom is -0.124 e. The van der Waals surface area contributed by atoms with E-state index in [4.69, 9.17) is 0 Å². The molecule has 0 rings (SSSR count). The fourth-order valence-electron chi connectivity index (χ4n) is 0.222. The fraction of sp³-hybridized carbons (Fsp3) is 0.400. The van der Waals surface area contributed by atoms with Gasteiger partial charge in [-0.15, -0.1) is 12.8 Å². The van der Waals surface area contributed by atoms with Crippen LogP contribution in [0.15, 0.2) is 24.3 Å². The van der Waals surface area contributed by atoms with Gasteiger partial charge in [-0.05, 0) is 13.8 Å². The monoisotopic (exact) mass is 138 g/mol. The highest BCUT2D eigenvalue weighted by Crippen LogP contribution is 1.71. The predicted octanol–water partition coefficient (Wildman–Crippen LogP) is 3.41. The highest BCUT2D eigenvalue weighted by atomic mass is 13.6. The second-order valence-electron chi connectivity index (χ2n) is 1.05. The normalized spacial score (nSPS) is 7.80. The largest absolute Gasteiger partial charge is 0.124 e. The van der Waals surface area contributed by atoms with Crippen LogP contribution in [0.1, 0.15) is 27.7 Å². The first kappa shape index (κ1) is 16.0. The van der Waals surface area contributed by atoms with Gasteiger partial charge in [-0.1, -0.05) is 38.2 Å². The molecule has 0 spiro atoms. The molecule has 10 heavy (non-hydrogen) atoms. The molecule has 0 amide bonds. The molecule has 0 aromatic heterocycles. The second-order valence-corrected chi connectivity index (χ2v) is 1.05. The molecule has 0 aromatic rings. The lowest BCUT2D eigenvalue weighted by Gasteiger charge is -1.62. The summed E-state index contributed by atoms with van der Waals surface area (Å²) in [6.45, 7) is 8.00. The molecule has 0 fully saturated rings. The third kappa shape index (κ3) is 61.7. The Balaban J connectivity index is -0.000000105. The van der Waals surface area contributed by atoms with E-state index in [1.165, 1.54) is 0 Å². The van der Waals surface area contributed by atoms with Gasteiger partial charge in [0.25, 0.3) is 0 Å². The summed E-state index contributed by atoms with van der Waals surface area (Å²) < 4.78 is 0. The van der Waals surface area contributed by atoms with Gasteiger partial charge >= 0.3 is 0 Å². The summed E-state index contributed by atoms with van der Waals surface area (Å²) in [7, 11) is 0. The first-order valence-electron chi connectivity index (χ1n) is 3.49. The van der Waals surface area contributed by atoms with E-state index >= 15 is 0 Å². The molecular formula is C10H18. The van der Waals surface area contributed by atoms with Crippen LogP contribution in [-0.4, -0.2) is 0 Å². The molecule has 0 unspecified atom stereocenters. The molecule has 0 bridgehead atoms. The van der Waals surface area contributed by atoms with Crippen LogP contribution >= 0.6 is 0 Å². The summed E-state index contributed by atoms with van der Waals surface area (Å²) in [4.78, 5) is 0. The lowest BCUT2D eigenvalue weighted by atomic mass is 10.5. The van der Waals surface area contributed by atoms with E-state index in [1.54, 1.807) is 0 Å². The first-order valence-corrected chi connectivity index (χ1v) is 3.49. The Hall–Kier alpha value is -0.960. The Morgan fingerprint density at radius 2 is 1.00 bits per heavy atom. The Bertz CT molecular complexity index is 73.5. The fourth-order valence-corrected chi connectivity index (χ4v) is 0.222. The van der Waals surface area contributed by atoms with Crippen LogP contribution < -0.4 is 0 Å². The SMILES string of the molecule is C#C.C/C=C\C=C/C.CC. The van der Waals surface area contributed by atoms with Crippen LogP contribution in [0.25, 0.3) is 0 Å². The van der Waals surface area contributed by atoms with E-state index in [0.717, 1.165) is 0 Å². The van der Waals surface area contributed by atoms with Gasteiger partial charge in [0.15, 0.2) is 0 Å². The maximum atomic E-state index is 4.00. The van der Waals surface area contributed by atoms with Crippen molar-refractivity contribution in [3.05, 3.63) is 24.3 Å². The molecule has 0 heteroatoms. The van der Waals surface area contributed by atoms with Gasteiger partial charge in [0.2, 0.25) is 0 Å². The zero-order chi connectivity index (χ0) is 8.83. The Labute approximate surface area is 65.7 Å². The van der Waals surface area contributed by atoms with Crippen LogP contribution in [0, 0.1) is 12.8 Å². The van der Waals surface area contributed by atoms with Crippen molar-refractivity contribution in [3.8, 4) is 12.8 Å². The smallest absolute Gasteiger partial charge is 0.0467 e. The molecule has 0 atom stereocenters. The zero-order valence-corrected chi connectivity index (χ0v) is 7.46. The van der Waals surface area contributed by atoms with Crippen molar-refractivity contribution in [1.82, 2.24) is 0 Å². The van der Waals surface area contributed by atoms with Crippen LogP contribution in [0.2, 0.25) is 0 Å². The average molecular weight is 138 g/mol. The summed E-state index contributed by atoms with van der Waals surface area (Å²) in [5.41, 5.74) is 0. The molecule has 0 heterocycles. The van der Waals surface area contributed by atoms with E-state index in [9.17, 15) is 0 Å². The number of allylic oxidation sites excluding steroid dienone is 4. The van der Waals surface area contributed by atoms with Crippen molar-refractivity contribution >= 4 is 0 Å². The Morgan fingerprint density at radius 3 is 1.10 bits per heavy atom. The van der Waals surface area contributed by atoms with E-state index in [1.807, 2.05) is 52.0 Å². The van der Waals surface area contributed by atoms with E-state index in [-0.39, 0.29) is 0 Å². The molecule has 0 nitrogen and oxygen atoms in total. The maximum absolute atomic E-state index is 4.00. The van der Waals surface area contributed by atoms with Crippen molar-refractivity contribution in [3.63, 3.8) is 0 Å². The van der Waals surface area contributed by atoms with Gasteiger partial charge in [0, 0.05) is 0 Å². The van der Waals surface area contributed by atoms with Gasteiger partial charge in [-0.3, -0.25) is 0 Å². The molecule has 0 saturated heterocycles. The number of hydrogen-bond acceptors (Lipinski definition) is 0. The minimum atomic E-state index is 2.00. The van der Waals surface area contributed by atoms with Crippen molar-refractivity contribution in [2.45, 2.75) is 27.7 Å². The lowest BCUT2D eigenvalue weighted by Crippen LogP contribution is -1.40. The maximum Gasteiger partial charge on any atom is -0.0467 e. The van der Waals surface area contributed by atoms with Gasteiger partial charge < -0.3 is 0 Å². The Kier molecular flexibility index (Phi) is 69.1. The zero-order valence-electron chi connectivity index (χ0n) is 7.46. The molecule has 0 N–H and O–H groups in total. The molecule has 58 valence electrons. The quantitative estimate of drug-likeness (QED) is 0.385. The average Bonchev–Trinajstić information content (AvgIpc) is 2.08. The molecule has 0 saturated carbocycles. The van der Waals surface area contributed by atoms with Gasteiger partial charge in [-0.2, -0.15) is 0 Å². The molecule has 0 aromatic carbocycles. The molecule has 0 radical (unpaired) electrons. The van der Waals surface area contributed by atoms with Crippen molar-refractivity contribution in [1.29, 1.82) is 0 Å². The number of hydrogen-bond donors (Lipinski definition) is 0. The summed E-state index contributed by atoms with van der Waals surface area (Å²) in [5.74, 6) is 0. The highest BCUT2D eigenvalue weighted by Gasteiger charge is 1.48. The van der Waals surface area contributed by atoms with E-state index in [2.05, 4.69) is 12.8 Å². The molecule has 0 aliphatic carbocycles.